The molecule has 0 bridgehead atoms. The molecule has 1 aliphatic heterocycles. The van der Waals surface area contributed by atoms with Crippen LogP contribution in [0.15, 0.2) is 21.7 Å². The van der Waals surface area contributed by atoms with Gasteiger partial charge in [-0.15, -0.1) is 11.3 Å². The first-order valence-electron chi connectivity index (χ1n) is 8.48. The van der Waals surface area contributed by atoms with Crippen LogP contribution in [0, 0.1) is 5.92 Å². The first-order chi connectivity index (χ1) is 11.9. The number of hydrogen-bond donors (Lipinski definition) is 2. The number of rotatable bonds is 7. The molecule has 1 aliphatic rings. The Balaban J connectivity index is 1.85. The fourth-order valence-corrected chi connectivity index (χ4v) is 5.31. The maximum absolute atomic E-state index is 12.5. The van der Waals surface area contributed by atoms with Crippen molar-refractivity contribution in [2.24, 2.45) is 5.92 Å². The van der Waals surface area contributed by atoms with E-state index in [-0.39, 0.29) is 17.7 Å². The molecule has 0 spiro atoms. The molecule has 1 saturated heterocycles. The van der Waals surface area contributed by atoms with Gasteiger partial charge in [0.15, 0.2) is 0 Å². The van der Waals surface area contributed by atoms with E-state index < -0.39 is 16.1 Å². The van der Waals surface area contributed by atoms with E-state index in [0.29, 0.717) is 36.7 Å². The molecule has 140 valence electrons. The molecule has 0 aliphatic carbocycles. The number of nitrogens with one attached hydrogen (secondary N) is 2. The number of nitrogens with zero attached hydrogens (tertiary/aromatic N) is 1. The minimum Gasteiger partial charge on any atom is -0.354 e. The summed E-state index contributed by atoms with van der Waals surface area (Å²) in [4.78, 5) is 24.1. The molecule has 1 aromatic heterocycles. The van der Waals surface area contributed by atoms with E-state index in [1.54, 1.807) is 24.4 Å². The molecule has 9 heteroatoms. The minimum absolute atomic E-state index is 0.188. The van der Waals surface area contributed by atoms with Gasteiger partial charge >= 0.3 is 0 Å². The zero-order valence-corrected chi connectivity index (χ0v) is 16.2. The van der Waals surface area contributed by atoms with E-state index in [0.717, 1.165) is 6.42 Å². The summed E-state index contributed by atoms with van der Waals surface area (Å²) in [7, 11) is -3.46. The van der Waals surface area contributed by atoms with Crippen LogP contribution < -0.4 is 10.6 Å². The van der Waals surface area contributed by atoms with Gasteiger partial charge in [0, 0.05) is 25.6 Å². The predicted octanol–water partition coefficient (Wildman–Crippen LogP) is 1.18. The monoisotopic (exact) mass is 387 g/mol. The third-order valence-electron chi connectivity index (χ3n) is 4.22. The number of carbonyl (C=O) groups excluding carboxylic acids is 2. The van der Waals surface area contributed by atoms with Gasteiger partial charge in [-0.3, -0.25) is 9.59 Å². The second-order valence-corrected chi connectivity index (χ2v) is 9.24. The second-order valence-electron chi connectivity index (χ2n) is 6.13. The lowest BCUT2D eigenvalue weighted by Gasteiger charge is -2.30. The number of piperidine rings is 1. The van der Waals surface area contributed by atoms with E-state index in [9.17, 15) is 18.0 Å². The van der Waals surface area contributed by atoms with Gasteiger partial charge in [-0.1, -0.05) is 13.0 Å². The highest BCUT2D eigenvalue weighted by molar-refractivity contribution is 7.91. The van der Waals surface area contributed by atoms with Gasteiger partial charge in [-0.2, -0.15) is 4.31 Å². The summed E-state index contributed by atoms with van der Waals surface area (Å²) in [5.74, 6) is -0.656. The predicted molar refractivity (Wildman–Crippen MR) is 96.7 cm³/mol. The molecule has 0 unspecified atom stereocenters. The van der Waals surface area contributed by atoms with E-state index in [1.807, 2.05) is 6.92 Å². The van der Waals surface area contributed by atoms with Crippen molar-refractivity contribution in [1.29, 1.82) is 0 Å². The molecule has 0 aromatic carbocycles. The van der Waals surface area contributed by atoms with Crippen LogP contribution in [0.2, 0.25) is 0 Å². The fourth-order valence-electron chi connectivity index (χ4n) is 2.69. The SMILES string of the molecule is CCCNC(=O)[C@@H](C)NC(=O)C1CCN(S(=O)(=O)c2cccs2)CC1. The lowest BCUT2D eigenvalue weighted by Crippen LogP contribution is -2.49. The topological polar surface area (TPSA) is 95.6 Å². The Hall–Kier alpha value is -1.45. The minimum atomic E-state index is -3.46. The van der Waals surface area contributed by atoms with Gasteiger partial charge in [-0.05, 0) is 37.6 Å². The van der Waals surface area contributed by atoms with E-state index in [1.165, 1.54) is 15.6 Å². The molecule has 25 heavy (non-hydrogen) atoms. The Morgan fingerprint density at radius 3 is 2.60 bits per heavy atom. The van der Waals surface area contributed by atoms with Crippen LogP contribution in [-0.4, -0.2) is 50.2 Å². The molecule has 2 rings (SSSR count). The van der Waals surface area contributed by atoms with Gasteiger partial charge < -0.3 is 10.6 Å². The molecule has 0 saturated carbocycles. The van der Waals surface area contributed by atoms with Crippen LogP contribution in [0.25, 0.3) is 0 Å². The van der Waals surface area contributed by atoms with Crippen LogP contribution in [0.5, 0.6) is 0 Å². The summed E-state index contributed by atoms with van der Waals surface area (Å²) < 4.78 is 26.7. The summed E-state index contributed by atoms with van der Waals surface area (Å²) in [6, 6.07) is 2.71. The summed E-state index contributed by atoms with van der Waals surface area (Å²) in [5, 5.41) is 7.20. The highest BCUT2D eigenvalue weighted by atomic mass is 32.2. The number of amides is 2. The van der Waals surface area contributed by atoms with Crippen molar-refractivity contribution < 1.29 is 18.0 Å². The normalized spacial score (nSPS) is 17.8. The molecule has 2 N–H and O–H groups in total. The van der Waals surface area contributed by atoms with E-state index in [4.69, 9.17) is 0 Å². The van der Waals surface area contributed by atoms with Crippen molar-refractivity contribution in [2.75, 3.05) is 19.6 Å². The summed E-state index contributed by atoms with van der Waals surface area (Å²) in [5.41, 5.74) is 0. The van der Waals surface area contributed by atoms with Gasteiger partial charge in [0.1, 0.15) is 10.3 Å². The van der Waals surface area contributed by atoms with Crippen molar-refractivity contribution in [2.45, 2.75) is 43.4 Å². The first-order valence-corrected chi connectivity index (χ1v) is 10.8. The smallest absolute Gasteiger partial charge is 0.252 e. The van der Waals surface area contributed by atoms with Crippen LogP contribution in [0.4, 0.5) is 0 Å². The van der Waals surface area contributed by atoms with Crippen molar-refractivity contribution >= 4 is 33.2 Å². The standard InChI is InChI=1S/C16H25N3O4S2/c1-3-8-17-15(20)12(2)18-16(21)13-6-9-19(10-7-13)25(22,23)14-5-4-11-24-14/h4-5,11-13H,3,6-10H2,1-2H3,(H,17,20)(H,18,21)/t12-/m1/s1. The number of hydrogen-bond acceptors (Lipinski definition) is 5. The van der Waals surface area contributed by atoms with Crippen molar-refractivity contribution in [3.8, 4) is 0 Å². The summed E-state index contributed by atoms with van der Waals surface area (Å²) in [6.07, 6.45) is 1.75. The van der Waals surface area contributed by atoms with Crippen LogP contribution in [0.3, 0.4) is 0 Å². The number of thiophene rings is 1. The Labute approximate surface area is 152 Å². The molecule has 0 radical (unpaired) electrons. The average molecular weight is 388 g/mol. The largest absolute Gasteiger partial charge is 0.354 e. The van der Waals surface area contributed by atoms with Crippen molar-refractivity contribution in [3.05, 3.63) is 17.5 Å². The highest BCUT2D eigenvalue weighted by Crippen LogP contribution is 2.26. The molecule has 2 heterocycles. The average Bonchev–Trinajstić information content (AvgIpc) is 3.15. The Kier molecular flexibility index (Phi) is 6.97. The third-order valence-corrected chi connectivity index (χ3v) is 7.49. The Morgan fingerprint density at radius 1 is 1.36 bits per heavy atom. The lowest BCUT2D eigenvalue weighted by molar-refractivity contribution is -0.131. The molecule has 2 amide bonds. The molecular formula is C16H25N3O4S2. The molecular weight excluding hydrogens is 362 g/mol. The zero-order chi connectivity index (χ0) is 18.4. The maximum atomic E-state index is 12.5. The van der Waals surface area contributed by atoms with Gasteiger partial charge in [0.05, 0.1) is 0 Å². The summed E-state index contributed by atoms with van der Waals surface area (Å²) >= 11 is 1.20. The van der Waals surface area contributed by atoms with Crippen LogP contribution >= 0.6 is 11.3 Å². The second kappa shape index (κ2) is 8.77. The Morgan fingerprint density at radius 2 is 2.04 bits per heavy atom. The van der Waals surface area contributed by atoms with Gasteiger partial charge in [0.25, 0.3) is 10.0 Å². The lowest BCUT2D eigenvalue weighted by atomic mass is 9.97. The maximum Gasteiger partial charge on any atom is 0.252 e. The quantitative estimate of drug-likeness (QED) is 0.734. The summed E-state index contributed by atoms with van der Waals surface area (Å²) in [6.45, 7) is 4.82. The number of sulfonamides is 1. The Bertz CT molecular complexity index is 680. The van der Waals surface area contributed by atoms with Gasteiger partial charge in [-0.25, -0.2) is 8.42 Å². The zero-order valence-electron chi connectivity index (χ0n) is 14.5. The highest BCUT2D eigenvalue weighted by Gasteiger charge is 2.33. The van der Waals surface area contributed by atoms with E-state index in [2.05, 4.69) is 10.6 Å². The molecule has 1 aromatic rings. The van der Waals surface area contributed by atoms with E-state index >= 15 is 0 Å². The fraction of sp³-hybridized carbons (Fsp3) is 0.625. The first kappa shape index (κ1) is 19.9. The number of carbonyl (C=O) groups is 2. The van der Waals surface area contributed by atoms with Crippen LogP contribution in [0.1, 0.15) is 33.1 Å². The van der Waals surface area contributed by atoms with Crippen LogP contribution in [-0.2, 0) is 19.6 Å². The van der Waals surface area contributed by atoms with Crippen molar-refractivity contribution in [1.82, 2.24) is 14.9 Å². The molecule has 1 fully saturated rings. The third kappa shape index (κ3) is 5.02. The van der Waals surface area contributed by atoms with Gasteiger partial charge in [0.2, 0.25) is 11.8 Å². The molecule has 1 atom stereocenters. The molecule has 7 nitrogen and oxygen atoms in total. The van der Waals surface area contributed by atoms with Crippen molar-refractivity contribution in [3.63, 3.8) is 0 Å².